The summed E-state index contributed by atoms with van der Waals surface area (Å²) in [6, 6.07) is 0. The summed E-state index contributed by atoms with van der Waals surface area (Å²) in [5.41, 5.74) is -0.211. The summed E-state index contributed by atoms with van der Waals surface area (Å²) in [7, 11) is 0. The molecular formula is C50H98N2O5. The largest absolute Gasteiger partial charge is 0.396 e. The second-order valence-electron chi connectivity index (χ2n) is 21.2. The first kappa shape index (κ1) is 57.4. The second kappa shape index (κ2) is 27.9. The van der Waals surface area contributed by atoms with Crippen molar-refractivity contribution in [2.45, 2.75) is 219 Å². The van der Waals surface area contributed by atoms with E-state index in [1.165, 1.54) is 6.42 Å². The number of aliphatic hydroxyl groups excluding tert-OH is 2. The van der Waals surface area contributed by atoms with E-state index in [0.29, 0.717) is 17.3 Å². The van der Waals surface area contributed by atoms with Gasteiger partial charge >= 0.3 is 0 Å². The first-order valence-corrected chi connectivity index (χ1v) is 23.2. The third-order valence-corrected chi connectivity index (χ3v) is 14.1. The SMILES string of the molecule is CC(C)C(C)(C)C.CCC(C)(C)C(C)C.CCCCCCC1C=CC(CCCCCCCC(C)=O)C(C(=O)NC(C)(C)C(C)CO)C1C(=O)NC(C)(C)C(C)CO. The van der Waals surface area contributed by atoms with Crippen LogP contribution in [0.25, 0.3) is 0 Å². The molecule has 338 valence electrons. The van der Waals surface area contributed by atoms with E-state index in [1.807, 2.05) is 41.5 Å². The maximum Gasteiger partial charge on any atom is 0.224 e. The molecule has 0 fully saturated rings. The molecule has 1 rings (SSSR count). The molecule has 6 atom stereocenters. The lowest BCUT2D eigenvalue weighted by molar-refractivity contribution is -0.141. The molecule has 0 spiro atoms. The van der Waals surface area contributed by atoms with Crippen LogP contribution in [0, 0.1) is 58.2 Å². The molecule has 0 aromatic rings. The monoisotopic (exact) mass is 807 g/mol. The number of unbranched alkanes of at least 4 members (excludes halogenated alkanes) is 7. The molecule has 0 saturated heterocycles. The number of Topliss-reactive ketones (excluding diaryl/α,β-unsaturated/α-hetero) is 1. The van der Waals surface area contributed by atoms with E-state index in [9.17, 15) is 24.6 Å². The van der Waals surface area contributed by atoms with E-state index in [2.05, 4.69) is 98.9 Å². The third kappa shape index (κ3) is 23.0. The van der Waals surface area contributed by atoms with E-state index in [4.69, 9.17) is 0 Å². The number of rotatable bonds is 23. The molecule has 0 aromatic carbocycles. The average Bonchev–Trinajstić information content (AvgIpc) is 3.11. The van der Waals surface area contributed by atoms with Gasteiger partial charge in [-0.1, -0.05) is 160 Å². The zero-order valence-corrected chi connectivity index (χ0v) is 41.0. The molecule has 0 bridgehead atoms. The van der Waals surface area contributed by atoms with Crippen LogP contribution in [0.2, 0.25) is 0 Å². The Kier molecular flexibility index (Phi) is 28.1. The Morgan fingerprint density at radius 2 is 0.930 bits per heavy atom. The van der Waals surface area contributed by atoms with Crippen LogP contribution in [0.15, 0.2) is 12.2 Å². The number of aliphatic hydroxyl groups is 2. The minimum Gasteiger partial charge on any atom is -0.396 e. The highest BCUT2D eigenvalue weighted by atomic mass is 16.3. The highest BCUT2D eigenvalue weighted by Gasteiger charge is 2.47. The van der Waals surface area contributed by atoms with Crippen LogP contribution in [0.1, 0.15) is 208 Å². The molecule has 7 heteroatoms. The molecule has 1 aliphatic rings. The van der Waals surface area contributed by atoms with Crippen LogP contribution in [0.4, 0.5) is 0 Å². The van der Waals surface area contributed by atoms with E-state index < -0.39 is 22.9 Å². The molecule has 4 N–H and O–H groups in total. The summed E-state index contributed by atoms with van der Waals surface area (Å²) in [5.74, 6) is 0.184. The quantitative estimate of drug-likeness (QED) is 0.0606. The maximum absolute atomic E-state index is 14.2. The normalized spacial score (nSPS) is 19.9. The summed E-state index contributed by atoms with van der Waals surface area (Å²) >= 11 is 0. The second-order valence-corrected chi connectivity index (χ2v) is 21.2. The van der Waals surface area contributed by atoms with Crippen molar-refractivity contribution in [3.8, 4) is 0 Å². The van der Waals surface area contributed by atoms with E-state index >= 15 is 0 Å². The number of ketones is 1. The van der Waals surface area contributed by atoms with Crippen LogP contribution >= 0.6 is 0 Å². The van der Waals surface area contributed by atoms with E-state index in [0.717, 1.165) is 82.5 Å². The highest BCUT2D eigenvalue weighted by Crippen LogP contribution is 2.41. The van der Waals surface area contributed by atoms with E-state index in [1.54, 1.807) is 6.92 Å². The minimum absolute atomic E-state index is 0.0372. The van der Waals surface area contributed by atoms with Gasteiger partial charge in [-0.05, 0) is 88.4 Å². The van der Waals surface area contributed by atoms with Gasteiger partial charge in [0.15, 0.2) is 0 Å². The topological polar surface area (TPSA) is 116 Å². The number of hydrogen-bond donors (Lipinski definition) is 4. The predicted octanol–water partition coefficient (Wildman–Crippen LogP) is 12.1. The fourth-order valence-corrected chi connectivity index (χ4v) is 6.33. The number of allylic oxidation sites excluding steroid dienone is 2. The van der Waals surface area contributed by atoms with Crippen molar-refractivity contribution in [1.82, 2.24) is 10.6 Å². The van der Waals surface area contributed by atoms with Gasteiger partial charge in [0.05, 0.1) is 11.8 Å². The molecule has 57 heavy (non-hydrogen) atoms. The summed E-state index contributed by atoms with van der Waals surface area (Å²) in [6.07, 6.45) is 17.4. The molecule has 6 unspecified atom stereocenters. The van der Waals surface area contributed by atoms with Crippen molar-refractivity contribution in [3.63, 3.8) is 0 Å². The van der Waals surface area contributed by atoms with Crippen LogP contribution in [0.3, 0.4) is 0 Å². The Hall–Kier alpha value is -1.73. The van der Waals surface area contributed by atoms with Crippen molar-refractivity contribution in [3.05, 3.63) is 12.2 Å². The number of nitrogens with one attached hydrogen (secondary N) is 2. The van der Waals surface area contributed by atoms with Gasteiger partial charge < -0.3 is 25.6 Å². The fourth-order valence-electron chi connectivity index (χ4n) is 6.33. The lowest BCUT2D eigenvalue weighted by Gasteiger charge is -2.43. The smallest absolute Gasteiger partial charge is 0.224 e. The van der Waals surface area contributed by atoms with Gasteiger partial charge in [0, 0.05) is 42.5 Å². The summed E-state index contributed by atoms with van der Waals surface area (Å²) in [5, 5.41) is 26.1. The van der Waals surface area contributed by atoms with Gasteiger partial charge in [-0.15, -0.1) is 0 Å². The Bertz CT molecular complexity index is 1130. The zero-order valence-electron chi connectivity index (χ0n) is 41.0. The molecule has 0 radical (unpaired) electrons. The Balaban J connectivity index is 0. The fraction of sp³-hybridized carbons (Fsp3) is 0.900. The van der Waals surface area contributed by atoms with Crippen LogP contribution < -0.4 is 10.6 Å². The maximum atomic E-state index is 14.2. The van der Waals surface area contributed by atoms with Crippen LogP contribution in [0.5, 0.6) is 0 Å². The van der Waals surface area contributed by atoms with Crippen LogP contribution in [-0.4, -0.2) is 52.1 Å². The molecule has 1 aliphatic carbocycles. The van der Waals surface area contributed by atoms with Gasteiger partial charge in [-0.25, -0.2) is 0 Å². The first-order chi connectivity index (χ1) is 26.2. The van der Waals surface area contributed by atoms with Gasteiger partial charge in [0.1, 0.15) is 5.78 Å². The van der Waals surface area contributed by atoms with Crippen molar-refractivity contribution < 1.29 is 24.6 Å². The molecule has 0 aromatic heterocycles. The number of carbonyl (C=O) groups excluding carboxylic acids is 3. The minimum atomic E-state index is -0.628. The number of amides is 2. The van der Waals surface area contributed by atoms with Gasteiger partial charge in [0.25, 0.3) is 0 Å². The summed E-state index contributed by atoms with van der Waals surface area (Å²) < 4.78 is 0. The lowest BCUT2D eigenvalue weighted by Crippen LogP contribution is -2.58. The zero-order chi connectivity index (χ0) is 44.8. The summed E-state index contributed by atoms with van der Waals surface area (Å²) in [4.78, 5) is 39.6. The van der Waals surface area contributed by atoms with Crippen molar-refractivity contribution in [2.24, 2.45) is 58.2 Å². The van der Waals surface area contributed by atoms with Crippen molar-refractivity contribution >= 4 is 17.6 Å². The van der Waals surface area contributed by atoms with Gasteiger partial charge in [-0.3, -0.25) is 9.59 Å². The predicted molar refractivity (Wildman–Crippen MR) is 245 cm³/mol. The van der Waals surface area contributed by atoms with Gasteiger partial charge in [-0.2, -0.15) is 0 Å². The van der Waals surface area contributed by atoms with Crippen molar-refractivity contribution in [2.75, 3.05) is 13.2 Å². The van der Waals surface area contributed by atoms with Gasteiger partial charge in [0.2, 0.25) is 11.8 Å². The number of carbonyl (C=O) groups is 3. The third-order valence-electron chi connectivity index (χ3n) is 14.1. The average molecular weight is 807 g/mol. The molecule has 0 aliphatic heterocycles. The lowest BCUT2D eigenvalue weighted by atomic mass is 9.66. The number of hydrogen-bond acceptors (Lipinski definition) is 5. The van der Waals surface area contributed by atoms with Crippen molar-refractivity contribution in [1.29, 1.82) is 0 Å². The van der Waals surface area contributed by atoms with E-state index in [-0.39, 0.29) is 54.5 Å². The molecule has 0 heterocycles. The van der Waals surface area contributed by atoms with Crippen LogP contribution in [-0.2, 0) is 14.4 Å². The molecular weight excluding hydrogens is 709 g/mol. The molecule has 0 saturated carbocycles. The Labute approximate surface area is 354 Å². The molecule has 2 amide bonds. The standard InChI is InChI=1S/C35H64N2O5.C8H18.C7H16/c1-9-10-11-16-19-28-21-22-29(20-17-14-12-13-15-18-27(4)40)31(33(42)37-35(7,8)26(3)24-39)30(28)32(41)36-34(5,6)25(2)23-38;1-6-8(4,5)7(2)3;1-6(2)7(3,4)5/h21-22,25-26,28-31,38-39H,9-20,23-24H2,1-8H3,(H,36,41)(H,37,42);7H,6H2,1-5H3;6H,1-5H3. The molecule has 7 nitrogen and oxygen atoms in total. The first-order valence-electron chi connectivity index (χ1n) is 23.2. The highest BCUT2D eigenvalue weighted by molar-refractivity contribution is 5.89. The Morgan fingerprint density at radius 1 is 0.579 bits per heavy atom. The Morgan fingerprint density at radius 3 is 1.21 bits per heavy atom. The summed E-state index contributed by atoms with van der Waals surface area (Å²) in [6.45, 7) is 38.1.